The zero-order valence-corrected chi connectivity index (χ0v) is 16.6. The molecule has 130 valence electrons. The number of carbonyl (C=O) groups is 1. The van der Waals surface area contributed by atoms with E-state index >= 15 is 0 Å². The lowest BCUT2D eigenvalue weighted by molar-refractivity contribution is 0.0950. The molecule has 1 N–H and O–H groups in total. The molecule has 2 heterocycles. The molecular formula is C18H18BrN3O2S. The van der Waals surface area contributed by atoms with Crippen LogP contribution in [0.2, 0.25) is 0 Å². The lowest BCUT2D eigenvalue weighted by Gasteiger charge is -2.13. The predicted octanol–water partition coefficient (Wildman–Crippen LogP) is 4.47. The number of nitrogens with one attached hydrogen (secondary N) is 1. The Morgan fingerprint density at radius 2 is 1.96 bits per heavy atom. The van der Waals surface area contributed by atoms with Crippen molar-refractivity contribution in [2.75, 3.05) is 19.0 Å². The Labute approximate surface area is 158 Å². The van der Waals surface area contributed by atoms with E-state index < -0.39 is 0 Å². The third-order valence-electron chi connectivity index (χ3n) is 3.80. The topological polar surface area (TPSA) is 58.4 Å². The molecule has 25 heavy (non-hydrogen) atoms. The molecule has 7 heteroatoms. The van der Waals surface area contributed by atoms with Gasteiger partial charge in [-0.3, -0.25) is 4.79 Å². The first kappa shape index (κ1) is 17.7. The van der Waals surface area contributed by atoms with E-state index in [0.717, 1.165) is 19.9 Å². The van der Waals surface area contributed by atoms with Crippen LogP contribution in [0.1, 0.15) is 21.7 Å². The minimum absolute atomic E-state index is 0.185. The van der Waals surface area contributed by atoms with Crippen LogP contribution in [0.15, 0.2) is 44.7 Å². The van der Waals surface area contributed by atoms with E-state index in [-0.39, 0.29) is 5.91 Å². The van der Waals surface area contributed by atoms with Crippen molar-refractivity contribution in [3.63, 3.8) is 0 Å². The highest BCUT2D eigenvalue weighted by Crippen LogP contribution is 2.33. The maximum atomic E-state index is 12.6. The number of hydrogen-bond acceptors (Lipinski definition) is 5. The highest BCUT2D eigenvalue weighted by atomic mass is 79.9. The summed E-state index contributed by atoms with van der Waals surface area (Å²) in [5.74, 6) is 0.329. The van der Waals surface area contributed by atoms with Gasteiger partial charge in [0.15, 0.2) is 0 Å². The number of hydrogen-bond donors (Lipinski definition) is 1. The van der Waals surface area contributed by atoms with Gasteiger partial charge in [0.25, 0.3) is 5.91 Å². The summed E-state index contributed by atoms with van der Waals surface area (Å²) in [6, 6.07) is 11.9. The van der Waals surface area contributed by atoms with Crippen LogP contribution in [-0.4, -0.2) is 25.2 Å². The van der Waals surface area contributed by atoms with Gasteiger partial charge in [-0.15, -0.1) is 11.3 Å². The van der Waals surface area contributed by atoms with Crippen molar-refractivity contribution >= 4 is 38.9 Å². The lowest BCUT2D eigenvalue weighted by atomic mass is 10.1. The molecule has 3 rings (SSSR count). The lowest BCUT2D eigenvalue weighted by Crippen LogP contribution is -2.23. The third kappa shape index (κ3) is 3.93. The molecule has 0 bridgehead atoms. The number of benzene rings is 1. The van der Waals surface area contributed by atoms with E-state index in [1.165, 1.54) is 11.3 Å². The monoisotopic (exact) mass is 419 g/mol. The Morgan fingerprint density at radius 3 is 2.56 bits per heavy atom. The number of carbonyl (C=O) groups excluding carboxylic acids is 1. The van der Waals surface area contributed by atoms with Crippen LogP contribution in [0.25, 0.3) is 10.6 Å². The number of anilines is 1. The van der Waals surface area contributed by atoms with Gasteiger partial charge in [-0.25, -0.2) is 0 Å². The zero-order chi connectivity index (χ0) is 18.0. The van der Waals surface area contributed by atoms with Crippen LogP contribution in [0, 0.1) is 6.92 Å². The molecule has 0 aliphatic carbocycles. The molecule has 0 spiro atoms. The predicted molar refractivity (Wildman–Crippen MR) is 104 cm³/mol. The Bertz CT molecular complexity index is 884. The summed E-state index contributed by atoms with van der Waals surface area (Å²) >= 11 is 4.95. The van der Waals surface area contributed by atoms with Crippen molar-refractivity contribution in [2.45, 2.75) is 13.5 Å². The number of thiophene rings is 1. The molecule has 0 saturated heterocycles. The largest absolute Gasteiger partial charge is 0.378 e. The van der Waals surface area contributed by atoms with Crippen molar-refractivity contribution in [3.05, 3.63) is 57.1 Å². The smallest absolute Gasteiger partial charge is 0.257 e. The highest BCUT2D eigenvalue weighted by Gasteiger charge is 2.22. The molecule has 5 nitrogen and oxygen atoms in total. The fourth-order valence-corrected chi connectivity index (χ4v) is 3.81. The quantitative estimate of drug-likeness (QED) is 0.662. The second-order valence-corrected chi connectivity index (χ2v) is 8.27. The van der Waals surface area contributed by atoms with E-state index in [0.29, 0.717) is 23.6 Å². The van der Waals surface area contributed by atoms with Gasteiger partial charge >= 0.3 is 0 Å². The van der Waals surface area contributed by atoms with Gasteiger partial charge in [0.2, 0.25) is 0 Å². The minimum atomic E-state index is -0.185. The molecule has 0 radical (unpaired) electrons. The summed E-state index contributed by atoms with van der Waals surface area (Å²) in [4.78, 5) is 15.6. The second kappa shape index (κ2) is 7.41. The molecule has 0 aliphatic rings. The van der Waals surface area contributed by atoms with Crippen LogP contribution in [0.5, 0.6) is 0 Å². The summed E-state index contributed by atoms with van der Waals surface area (Å²) in [6.07, 6.45) is 0. The molecule has 1 aromatic carbocycles. The molecule has 0 unspecified atom stereocenters. The molecule has 0 aliphatic heterocycles. The second-order valence-electron chi connectivity index (χ2n) is 5.81. The fourth-order valence-electron chi connectivity index (χ4n) is 2.43. The van der Waals surface area contributed by atoms with Gasteiger partial charge in [0, 0.05) is 26.3 Å². The van der Waals surface area contributed by atoms with E-state index in [2.05, 4.69) is 26.4 Å². The first-order valence-corrected chi connectivity index (χ1v) is 9.33. The van der Waals surface area contributed by atoms with Crippen LogP contribution in [-0.2, 0) is 6.54 Å². The molecule has 0 saturated carbocycles. The number of amides is 1. The van der Waals surface area contributed by atoms with Gasteiger partial charge in [-0.05, 0) is 52.7 Å². The maximum Gasteiger partial charge on any atom is 0.257 e. The Morgan fingerprint density at radius 1 is 1.24 bits per heavy atom. The average molecular weight is 420 g/mol. The first-order chi connectivity index (χ1) is 12.0. The van der Waals surface area contributed by atoms with Crippen LogP contribution in [0.4, 0.5) is 5.69 Å². The highest BCUT2D eigenvalue weighted by molar-refractivity contribution is 9.11. The van der Waals surface area contributed by atoms with Crippen molar-refractivity contribution in [1.82, 2.24) is 10.5 Å². The van der Waals surface area contributed by atoms with Crippen molar-refractivity contribution < 1.29 is 9.32 Å². The number of rotatable bonds is 5. The van der Waals surface area contributed by atoms with Crippen molar-refractivity contribution in [3.8, 4) is 10.6 Å². The standard InChI is InChI=1S/C18H18BrN3O2S/c1-11-16(17(21-24-11)14-8-9-15(19)25-14)18(23)20-10-12-4-6-13(7-5-12)22(2)3/h4-9H,10H2,1-3H3,(H,20,23). The van der Waals surface area contributed by atoms with Crippen LogP contribution in [0.3, 0.4) is 0 Å². The van der Waals surface area contributed by atoms with Crippen molar-refractivity contribution in [1.29, 1.82) is 0 Å². The van der Waals surface area contributed by atoms with Crippen LogP contribution >= 0.6 is 27.3 Å². The minimum Gasteiger partial charge on any atom is -0.378 e. The summed E-state index contributed by atoms with van der Waals surface area (Å²) in [7, 11) is 3.99. The van der Waals surface area contributed by atoms with E-state index in [4.69, 9.17) is 4.52 Å². The zero-order valence-electron chi connectivity index (χ0n) is 14.2. The first-order valence-electron chi connectivity index (χ1n) is 7.72. The third-order valence-corrected chi connectivity index (χ3v) is 5.43. The molecule has 2 aromatic heterocycles. The van der Waals surface area contributed by atoms with Gasteiger partial charge < -0.3 is 14.7 Å². The molecule has 1 amide bonds. The molecular weight excluding hydrogens is 402 g/mol. The number of nitrogens with zero attached hydrogens (tertiary/aromatic N) is 2. The van der Waals surface area contributed by atoms with Crippen LogP contribution < -0.4 is 10.2 Å². The summed E-state index contributed by atoms with van der Waals surface area (Å²) in [5.41, 5.74) is 3.22. The maximum absolute atomic E-state index is 12.6. The Kier molecular flexibility index (Phi) is 5.24. The Balaban J connectivity index is 1.74. The van der Waals surface area contributed by atoms with Gasteiger partial charge in [-0.1, -0.05) is 17.3 Å². The fraction of sp³-hybridized carbons (Fsp3) is 0.222. The van der Waals surface area contributed by atoms with Gasteiger partial charge in [0.05, 0.1) is 8.66 Å². The molecule has 3 aromatic rings. The number of aryl methyl sites for hydroxylation is 1. The van der Waals surface area contributed by atoms with Gasteiger partial charge in [0.1, 0.15) is 17.0 Å². The SMILES string of the molecule is Cc1onc(-c2ccc(Br)s2)c1C(=O)NCc1ccc(N(C)C)cc1. The van der Waals surface area contributed by atoms with E-state index in [9.17, 15) is 4.79 Å². The van der Waals surface area contributed by atoms with E-state index in [1.54, 1.807) is 6.92 Å². The van der Waals surface area contributed by atoms with Crippen molar-refractivity contribution in [2.24, 2.45) is 0 Å². The number of halogens is 1. The molecule has 0 fully saturated rings. The normalized spacial score (nSPS) is 10.7. The molecule has 0 atom stereocenters. The number of aromatic nitrogens is 1. The average Bonchev–Trinajstić information content (AvgIpc) is 3.18. The summed E-state index contributed by atoms with van der Waals surface area (Å²) in [5, 5.41) is 7.00. The summed E-state index contributed by atoms with van der Waals surface area (Å²) < 4.78 is 6.23. The van der Waals surface area contributed by atoms with Gasteiger partial charge in [-0.2, -0.15) is 0 Å². The summed E-state index contributed by atoms with van der Waals surface area (Å²) in [6.45, 7) is 2.20. The Hall–Kier alpha value is -2.12. The van der Waals surface area contributed by atoms with E-state index in [1.807, 2.05) is 55.4 Å².